The van der Waals surface area contributed by atoms with Crippen molar-refractivity contribution < 1.29 is 29.1 Å². The first kappa shape index (κ1) is 65.5. The number of benzene rings is 1. The number of rotatable bonds is 27. The Morgan fingerprint density at radius 2 is 1.33 bits per heavy atom. The Morgan fingerprint density at radius 3 is 1.70 bits per heavy atom. The van der Waals surface area contributed by atoms with Gasteiger partial charge in [-0.05, 0) is 95.1 Å². The van der Waals surface area contributed by atoms with E-state index in [9.17, 15) is 29.1 Å². The molecule has 1 aromatic carbocycles. The summed E-state index contributed by atoms with van der Waals surface area (Å²) in [6.45, 7) is 34.9. The lowest BCUT2D eigenvalue weighted by Gasteiger charge is -2.30. The van der Waals surface area contributed by atoms with Gasteiger partial charge in [0.1, 0.15) is 18.6 Å². The molecule has 0 saturated heterocycles. The summed E-state index contributed by atoms with van der Waals surface area (Å²) in [5, 5.41) is 25.1. The van der Waals surface area contributed by atoms with Crippen molar-refractivity contribution in [2.45, 2.75) is 192 Å². The molecule has 5 unspecified atom stereocenters. The Labute approximate surface area is 386 Å². The summed E-state index contributed by atoms with van der Waals surface area (Å²) in [6, 6.07) is 10.1. The van der Waals surface area contributed by atoms with E-state index < -0.39 is 12.1 Å². The second-order valence-electron chi connectivity index (χ2n) is 17.6. The molecule has 1 aromatic rings. The van der Waals surface area contributed by atoms with Crippen LogP contribution in [0.25, 0.3) is 0 Å². The van der Waals surface area contributed by atoms with E-state index in [4.69, 9.17) is 0 Å². The van der Waals surface area contributed by atoms with Gasteiger partial charge >= 0.3 is 0 Å². The highest BCUT2D eigenvalue weighted by Gasteiger charge is 2.25. The number of aliphatic hydroxyl groups is 1. The van der Waals surface area contributed by atoms with Crippen LogP contribution in [0.5, 0.6) is 0 Å². The second-order valence-corrected chi connectivity index (χ2v) is 17.6. The molecule has 0 radical (unpaired) electrons. The van der Waals surface area contributed by atoms with Gasteiger partial charge in [0.25, 0.3) is 0 Å². The Morgan fingerprint density at radius 1 is 0.762 bits per heavy atom. The van der Waals surface area contributed by atoms with Crippen LogP contribution in [0, 0.1) is 29.6 Å². The number of amides is 3. The van der Waals surface area contributed by atoms with Gasteiger partial charge < -0.3 is 41.3 Å². The Hall–Kier alpha value is -4.09. The summed E-state index contributed by atoms with van der Waals surface area (Å²) in [6.07, 6.45) is 15.7. The third-order valence-electron chi connectivity index (χ3n) is 10.3. The molecule has 0 bridgehead atoms. The molecule has 6 N–H and O–H groups in total. The summed E-state index contributed by atoms with van der Waals surface area (Å²) in [5.41, 5.74) is 3.14. The summed E-state index contributed by atoms with van der Waals surface area (Å²) >= 11 is 0. The van der Waals surface area contributed by atoms with Crippen molar-refractivity contribution in [2.24, 2.45) is 29.6 Å². The molecule has 0 aromatic heterocycles. The van der Waals surface area contributed by atoms with E-state index in [1.54, 1.807) is 0 Å². The van der Waals surface area contributed by atoms with Gasteiger partial charge in [-0.2, -0.15) is 0 Å². The van der Waals surface area contributed by atoms with Gasteiger partial charge in [-0.15, -0.1) is 0 Å². The lowest BCUT2D eigenvalue weighted by molar-refractivity contribution is -0.127. The molecule has 0 heterocycles. The van der Waals surface area contributed by atoms with Gasteiger partial charge in [0.05, 0.1) is 18.2 Å². The Kier molecular flexibility index (Phi) is 44.9. The Balaban J connectivity index is -0.000000373. The predicted molar refractivity (Wildman–Crippen MR) is 267 cm³/mol. The largest absolute Gasteiger partial charge is 0.391 e. The smallest absolute Gasteiger partial charge is 0.243 e. The summed E-state index contributed by atoms with van der Waals surface area (Å²) < 4.78 is 0. The molecular formula is C52H95N5O6. The number of aldehydes is 2. The minimum Gasteiger partial charge on any atom is -0.391 e. The van der Waals surface area contributed by atoms with Crippen molar-refractivity contribution in [3.05, 3.63) is 72.0 Å². The van der Waals surface area contributed by atoms with Crippen LogP contribution in [0.15, 0.2) is 66.4 Å². The molecule has 3 amide bonds. The number of hydrogen-bond donors (Lipinski definition) is 6. The molecule has 0 aliphatic heterocycles. The SMILES string of the molecule is C/C=C(\C=C/CC)CCC=O.C=C(NC(Cc1ccccc1)[C@@H](O)CC)C(NC=O)C(C)C.CC(C)CC=O.CC[C@H](C)C(NC=O)C(=O)NC(C)C(C)C.CNC(C)CC(C)C. The zero-order valence-corrected chi connectivity index (χ0v) is 42.6. The predicted octanol–water partition coefficient (Wildman–Crippen LogP) is 9.30. The molecule has 0 aliphatic rings. The van der Waals surface area contributed by atoms with Gasteiger partial charge in [0, 0.05) is 30.6 Å². The second kappa shape index (κ2) is 43.2. The number of aliphatic hydroxyl groups excluding tert-OH is 1. The highest BCUT2D eigenvalue weighted by Crippen LogP contribution is 2.14. The van der Waals surface area contributed by atoms with Crippen LogP contribution >= 0.6 is 0 Å². The van der Waals surface area contributed by atoms with Crippen molar-refractivity contribution >= 4 is 31.3 Å². The third-order valence-corrected chi connectivity index (χ3v) is 10.3. The van der Waals surface area contributed by atoms with Crippen molar-refractivity contribution in [1.82, 2.24) is 26.6 Å². The fourth-order valence-electron chi connectivity index (χ4n) is 5.66. The minimum absolute atomic E-state index is 0.0948. The zero-order chi connectivity index (χ0) is 49.3. The van der Waals surface area contributed by atoms with Gasteiger partial charge in [-0.3, -0.25) is 14.4 Å². The monoisotopic (exact) mass is 886 g/mol. The lowest BCUT2D eigenvalue weighted by Crippen LogP contribution is -2.50. The van der Waals surface area contributed by atoms with Crippen molar-refractivity contribution in [1.29, 1.82) is 0 Å². The minimum atomic E-state index is -0.471. The normalized spacial score (nSPS) is 14.3. The number of nitrogens with one attached hydrogen (secondary N) is 5. The first-order valence-electron chi connectivity index (χ1n) is 23.4. The number of allylic oxidation sites excluding steroid dienone is 4. The molecule has 11 nitrogen and oxygen atoms in total. The number of carbonyl (C=O) groups excluding carboxylic acids is 5. The van der Waals surface area contributed by atoms with Crippen LogP contribution in [0.2, 0.25) is 0 Å². The molecule has 364 valence electrons. The van der Waals surface area contributed by atoms with Crippen LogP contribution in [0.1, 0.15) is 154 Å². The van der Waals surface area contributed by atoms with Crippen LogP contribution in [-0.4, -0.2) is 79.8 Å². The maximum absolute atomic E-state index is 11.9. The summed E-state index contributed by atoms with van der Waals surface area (Å²) in [7, 11) is 2.01. The highest BCUT2D eigenvalue weighted by molar-refractivity contribution is 5.84. The van der Waals surface area contributed by atoms with Crippen LogP contribution in [0.3, 0.4) is 0 Å². The van der Waals surface area contributed by atoms with E-state index in [-0.39, 0.29) is 35.9 Å². The topological polar surface area (TPSA) is 166 Å². The standard InChI is InChI=1S/C18H28N2O2.C12H24N2O2.C10H16O.C7H17N.C5H10O/c1-5-17(22)16(11-15-9-7-6-8-10-15)20-14(4)18(13(2)3)19-12-21;1-6-9(4)11(13-7-15)12(16)14-10(5)8(2)3;1-3-5-7-10(4-2)8-6-9-11;1-6(2)5-7(3)8-4;1-5(2)3-4-6/h6-10,12-13,16-18,20,22H,4-5,11H2,1-3H3,(H,19,21);7-11H,6H2,1-5H3,(H,13,15)(H,14,16);4-5,7,9H,3,6,8H2,1-2H3;6-8H,5H2,1-4H3;4-5H,3H2,1-2H3/b;;7-5-,10-4+;;/t16?,17-,18?;9-,10?,11?;;;/m00.../s1. The van der Waals surface area contributed by atoms with Crippen LogP contribution < -0.4 is 26.6 Å². The average molecular weight is 886 g/mol. The van der Waals surface area contributed by atoms with Crippen molar-refractivity contribution in [3.8, 4) is 0 Å². The molecule has 0 spiro atoms. The Bertz CT molecular complexity index is 1350. The highest BCUT2D eigenvalue weighted by atomic mass is 16.3. The zero-order valence-electron chi connectivity index (χ0n) is 42.6. The lowest BCUT2D eigenvalue weighted by atomic mass is 9.96. The fraction of sp³-hybridized carbons (Fsp3) is 0.673. The molecular weight excluding hydrogens is 791 g/mol. The molecule has 0 fully saturated rings. The van der Waals surface area contributed by atoms with E-state index in [1.807, 2.05) is 99.7 Å². The first-order chi connectivity index (χ1) is 29.7. The van der Waals surface area contributed by atoms with E-state index >= 15 is 0 Å². The van der Waals surface area contributed by atoms with Gasteiger partial charge in [-0.1, -0.05) is 150 Å². The summed E-state index contributed by atoms with van der Waals surface area (Å²) in [4.78, 5) is 52.8. The molecule has 0 aliphatic carbocycles. The molecule has 11 heteroatoms. The van der Waals surface area contributed by atoms with E-state index in [0.717, 1.165) is 49.0 Å². The molecule has 7 atom stereocenters. The van der Waals surface area contributed by atoms with E-state index in [2.05, 4.69) is 92.9 Å². The first-order valence-corrected chi connectivity index (χ1v) is 23.4. The average Bonchev–Trinajstić information content (AvgIpc) is 3.24. The molecule has 0 saturated carbocycles. The summed E-state index contributed by atoms with van der Waals surface area (Å²) in [5.74, 6) is 2.01. The molecule has 1 rings (SSSR count). The van der Waals surface area contributed by atoms with E-state index in [0.29, 0.717) is 56.4 Å². The quantitative estimate of drug-likeness (QED) is 0.0376. The molecule has 63 heavy (non-hydrogen) atoms. The number of hydrogen-bond acceptors (Lipinski definition) is 8. The van der Waals surface area contributed by atoms with Crippen molar-refractivity contribution in [2.75, 3.05) is 7.05 Å². The van der Waals surface area contributed by atoms with Crippen LogP contribution in [-0.2, 0) is 30.4 Å². The fourth-order valence-corrected chi connectivity index (χ4v) is 5.66. The van der Waals surface area contributed by atoms with Gasteiger partial charge in [-0.25, -0.2) is 0 Å². The maximum atomic E-state index is 11.9. The van der Waals surface area contributed by atoms with Crippen LogP contribution in [0.4, 0.5) is 0 Å². The number of carbonyl (C=O) groups is 5. The third kappa shape index (κ3) is 38.1. The van der Waals surface area contributed by atoms with Gasteiger partial charge in [0.15, 0.2) is 0 Å². The van der Waals surface area contributed by atoms with Gasteiger partial charge in [0.2, 0.25) is 18.7 Å². The van der Waals surface area contributed by atoms with E-state index in [1.165, 1.54) is 12.0 Å². The maximum Gasteiger partial charge on any atom is 0.243 e. The van der Waals surface area contributed by atoms with Crippen molar-refractivity contribution in [3.63, 3.8) is 0 Å².